The first kappa shape index (κ1) is 14.1. The van der Waals surface area contributed by atoms with Crippen LogP contribution in [0.25, 0.3) is 0 Å². The van der Waals surface area contributed by atoms with Crippen LogP contribution in [0, 0.1) is 0 Å². The smallest absolute Gasteiger partial charge is 0.0953 e. The Bertz CT molecular complexity index is 646. The lowest BCUT2D eigenvalue weighted by Crippen LogP contribution is -2.09. The molecule has 20 heavy (non-hydrogen) atoms. The average Bonchev–Trinajstić information content (AvgIpc) is 3.12. The summed E-state index contributed by atoms with van der Waals surface area (Å²) in [4.78, 5) is 2.58. The molecule has 0 amide bonds. The van der Waals surface area contributed by atoms with Gasteiger partial charge in [-0.2, -0.15) is 0 Å². The van der Waals surface area contributed by atoms with E-state index in [4.69, 9.17) is 11.6 Å². The van der Waals surface area contributed by atoms with E-state index < -0.39 is 0 Å². The van der Waals surface area contributed by atoms with Crippen LogP contribution in [0.3, 0.4) is 0 Å². The Hall–Kier alpha value is -0.810. The molecule has 1 N–H and O–H groups in total. The molecule has 0 atom stereocenters. The van der Waals surface area contributed by atoms with Crippen LogP contribution in [0.15, 0.2) is 57.7 Å². The van der Waals surface area contributed by atoms with Gasteiger partial charge < -0.3 is 5.32 Å². The second-order valence-corrected chi connectivity index (χ2v) is 7.48. The number of hydrogen-bond donors (Lipinski definition) is 1. The Morgan fingerprint density at radius 2 is 1.65 bits per heavy atom. The summed E-state index contributed by atoms with van der Waals surface area (Å²) in [6, 6.07) is 14.4. The summed E-state index contributed by atoms with van der Waals surface area (Å²) in [5.41, 5.74) is 1.00. The van der Waals surface area contributed by atoms with Crippen LogP contribution in [0.2, 0.25) is 5.02 Å². The van der Waals surface area contributed by atoms with Crippen LogP contribution in [-0.2, 0) is 0 Å². The van der Waals surface area contributed by atoms with Crippen molar-refractivity contribution in [3.8, 4) is 0 Å². The first-order chi connectivity index (χ1) is 9.74. The molecule has 2 heterocycles. The van der Waals surface area contributed by atoms with Gasteiger partial charge in [0.1, 0.15) is 0 Å². The summed E-state index contributed by atoms with van der Waals surface area (Å²) in [6.07, 6.45) is 0. The predicted molar refractivity (Wildman–Crippen MR) is 93.3 cm³/mol. The summed E-state index contributed by atoms with van der Waals surface area (Å²) in [7, 11) is 0. The highest BCUT2D eigenvalue weighted by molar-refractivity contribution is 9.10. The normalized spacial score (nSPS) is 10.9. The van der Waals surface area contributed by atoms with Gasteiger partial charge in [-0.3, -0.25) is 0 Å². The van der Waals surface area contributed by atoms with E-state index in [9.17, 15) is 0 Å². The highest BCUT2D eigenvalue weighted by Crippen LogP contribution is 2.35. The van der Waals surface area contributed by atoms with Gasteiger partial charge in [-0.1, -0.05) is 23.7 Å². The maximum atomic E-state index is 6.09. The van der Waals surface area contributed by atoms with Gasteiger partial charge in [-0.25, -0.2) is 0 Å². The molecule has 3 rings (SSSR count). The van der Waals surface area contributed by atoms with Gasteiger partial charge in [-0.05, 0) is 57.0 Å². The van der Waals surface area contributed by atoms with Crippen LogP contribution in [0.4, 0.5) is 5.69 Å². The quantitative estimate of drug-likeness (QED) is 0.546. The molecule has 0 aliphatic rings. The van der Waals surface area contributed by atoms with E-state index in [0.717, 1.165) is 15.2 Å². The second-order valence-electron chi connectivity index (χ2n) is 4.23. The SMILES string of the molecule is Clc1ccc(Br)c(NC(c2cccs2)c2cccs2)c1. The molecular weight excluding hydrogens is 374 g/mol. The molecule has 5 heteroatoms. The van der Waals surface area contributed by atoms with Crippen LogP contribution in [0.5, 0.6) is 0 Å². The first-order valence-corrected chi connectivity index (χ1v) is 8.95. The number of halogens is 2. The minimum atomic E-state index is 0.157. The number of anilines is 1. The Balaban J connectivity index is 1.97. The van der Waals surface area contributed by atoms with Gasteiger partial charge in [0.05, 0.1) is 11.7 Å². The van der Waals surface area contributed by atoms with Crippen molar-refractivity contribution in [3.63, 3.8) is 0 Å². The Morgan fingerprint density at radius 3 is 2.20 bits per heavy atom. The molecule has 0 bridgehead atoms. The number of hydrogen-bond acceptors (Lipinski definition) is 3. The van der Waals surface area contributed by atoms with E-state index in [0.29, 0.717) is 0 Å². The summed E-state index contributed by atoms with van der Waals surface area (Å²) < 4.78 is 1.01. The van der Waals surface area contributed by atoms with E-state index in [1.54, 1.807) is 22.7 Å². The monoisotopic (exact) mass is 383 g/mol. The zero-order chi connectivity index (χ0) is 13.9. The molecule has 0 aliphatic carbocycles. The molecule has 0 unspecified atom stereocenters. The van der Waals surface area contributed by atoms with Crippen LogP contribution in [-0.4, -0.2) is 0 Å². The number of nitrogens with one attached hydrogen (secondary N) is 1. The van der Waals surface area contributed by atoms with Crippen LogP contribution >= 0.6 is 50.2 Å². The van der Waals surface area contributed by atoms with E-state index >= 15 is 0 Å². The third-order valence-corrected chi connectivity index (χ3v) is 5.68. The maximum Gasteiger partial charge on any atom is 0.0953 e. The van der Waals surface area contributed by atoms with Crippen molar-refractivity contribution < 1.29 is 0 Å². The van der Waals surface area contributed by atoms with Gasteiger partial charge in [-0.15, -0.1) is 22.7 Å². The van der Waals surface area contributed by atoms with Gasteiger partial charge >= 0.3 is 0 Å². The number of benzene rings is 1. The summed E-state index contributed by atoms with van der Waals surface area (Å²) in [5.74, 6) is 0. The van der Waals surface area contributed by atoms with Crippen molar-refractivity contribution in [2.45, 2.75) is 6.04 Å². The molecule has 0 spiro atoms. The van der Waals surface area contributed by atoms with E-state index in [-0.39, 0.29) is 6.04 Å². The molecule has 0 saturated heterocycles. The van der Waals surface area contributed by atoms with Gasteiger partial charge in [0, 0.05) is 19.2 Å². The third-order valence-electron chi connectivity index (χ3n) is 2.88. The van der Waals surface area contributed by atoms with E-state index in [1.165, 1.54) is 9.75 Å². The summed E-state index contributed by atoms with van der Waals surface area (Å²) in [6.45, 7) is 0. The summed E-state index contributed by atoms with van der Waals surface area (Å²) >= 11 is 13.2. The molecule has 0 radical (unpaired) electrons. The van der Waals surface area contributed by atoms with Crippen molar-refractivity contribution in [1.29, 1.82) is 0 Å². The van der Waals surface area contributed by atoms with Crippen LogP contribution < -0.4 is 5.32 Å². The highest BCUT2D eigenvalue weighted by atomic mass is 79.9. The van der Waals surface area contributed by atoms with Crippen LogP contribution in [0.1, 0.15) is 15.8 Å². The molecular formula is C15H11BrClNS2. The predicted octanol–water partition coefficient (Wildman–Crippen LogP) is 6.43. The fourth-order valence-electron chi connectivity index (χ4n) is 1.96. The lowest BCUT2D eigenvalue weighted by molar-refractivity contribution is 0.991. The molecule has 3 aromatic rings. The molecule has 102 valence electrons. The number of rotatable bonds is 4. The van der Waals surface area contributed by atoms with Crippen molar-refractivity contribution >= 4 is 55.9 Å². The minimum absolute atomic E-state index is 0.157. The minimum Gasteiger partial charge on any atom is -0.372 e. The van der Waals surface area contributed by atoms with Crippen molar-refractivity contribution in [3.05, 3.63) is 72.5 Å². The Kier molecular flexibility index (Phi) is 4.46. The highest BCUT2D eigenvalue weighted by Gasteiger charge is 2.17. The third kappa shape index (κ3) is 3.09. The number of thiophene rings is 2. The second kappa shape index (κ2) is 6.31. The van der Waals surface area contributed by atoms with Crippen molar-refractivity contribution in [1.82, 2.24) is 0 Å². The largest absolute Gasteiger partial charge is 0.372 e. The maximum absolute atomic E-state index is 6.09. The van der Waals surface area contributed by atoms with Gasteiger partial charge in [0.2, 0.25) is 0 Å². The topological polar surface area (TPSA) is 12.0 Å². The standard InChI is InChI=1S/C15H11BrClNS2/c16-11-6-5-10(17)9-12(11)18-15(13-3-1-7-19-13)14-4-2-8-20-14/h1-9,15,18H. The molecule has 0 aliphatic heterocycles. The Morgan fingerprint density at radius 1 is 1.00 bits per heavy atom. The zero-order valence-corrected chi connectivity index (χ0v) is 14.3. The Labute approximate surface area is 139 Å². The molecule has 1 aromatic carbocycles. The van der Waals surface area contributed by atoms with Gasteiger partial charge in [0.25, 0.3) is 0 Å². The van der Waals surface area contributed by atoms with Gasteiger partial charge in [0.15, 0.2) is 0 Å². The molecule has 1 nitrogen and oxygen atoms in total. The van der Waals surface area contributed by atoms with E-state index in [2.05, 4.69) is 56.3 Å². The molecule has 0 fully saturated rings. The zero-order valence-electron chi connectivity index (χ0n) is 10.3. The lowest BCUT2D eigenvalue weighted by atomic mass is 10.2. The summed E-state index contributed by atoms with van der Waals surface area (Å²) in [5, 5.41) is 8.51. The molecule has 0 saturated carbocycles. The fourth-order valence-corrected chi connectivity index (χ4v) is 4.15. The van der Waals surface area contributed by atoms with Crippen molar-refractivity contribution in [2.75, 3.05) is 5.32 Å². The fraction of sp³-hybridized carbons (Fsp3) is 0.0667. The lowest BCUT2D eigenvalue weighted by Gasteiger charge is -2.19. The molecule has 2 aromatic heterocycles. The first-order valence-electron chi connectivity index (χ1n) is 6.02. The van der Waals surface area contributed by atoms with Crippen molar-refractivity contribution in [2.24, 2.45) is 0 Å². The van der Waals surface area contributed by atoms with E-state index in [1.807, 2.05) is 18.2 Å². The average molecular weight is 385 g/mol.